The molecule has 0 radical (unpaired) electrons. The van der Waals surface area contributed by atoms with E-state index >= 15 is 0 Å². The van der Waals surface area contributed by atoms with Crippen molar-refractivity contribution in [3.05, 3.63) is 108 Å². The maximum absolute atomic E-state index is 6.37. The van der Waals surface area contributed by atoms with E-state index in [1.165, 1.54) is 16.7 Å². The zero-order valence-corrected chi connectivity index (χ0v) is 14.3. The molecular formula is C23H23NO. The molecule has 0 aliphatic carbocycles. The van der Waals surface area contributed by atoms with Gasteiger partial charge in [0.05, 0.1) is 12.1 Å². The van der Waals surface area contributed by atoms with Crippen LogP contribution in [0.2, 0.25) is 0 Å². The van der Waals surface area contributed by atoms with Crippen LogP contribution in [0.5, 0.6) is 0 Å². The van der Waals surface area contributed by atoms with Gasteiger partial charge in [-0.2, -0.15) is 5.06 Å². The lowest BCUT2D eigenvalue weighted by atomic mass is 9.98. The molecule has 1 saturated heterocycles. The number of hydrogen-bond donors (Lipinski definition) is 0. The summed E-state index contributed by atoms with van der Waals surface area (Å²) < 4.78 is 0. The van der Waals surface area contributed by atoms with Crippen LogP contribution in [0, 0.1) is 0 Å². The van der Waals surface area contributed by atoms with E-state index in [2.05, 4.69) is 96.1 Å². The van der Waals surface area contributed by atoms with E-state index in [0.29, 0.717) is 6.04 Å². The first-order valence-corrected chi connectivity index (χ1v) is 8.95. The van der Waals surface area contributed by atoms with E-state index < -0.39 is 0 Å². The highest BCUT2D eigenvalue weighted by atomic mass is 16.7. The fourth-order valence-corrected chi connectivity index (χ4v) is 3.56. The summed E-state index contributed by atoms with van der Waals surface area (Å²) in [6.07, 6.45) is 2.19. The van der Waals surface area contributed by atoms with Gasteiger partial charge in [-0.05, 0) is 23.1 Å². The van der Waals surface area contributed by atoms with Crippen molar-refractivity contribution in [1.82, 2.24) is 5.06 Å². The maximum atomic E-state index is 6.37. The molecule has 3 aromatic carbocycles. The molecule has 3 aromatic rings. The fraction of sp³-hybridized carbons (Fsp3) is 0.217. The lowest BCUT2D eigenvalue weighted by Crippen LogP contribution is -2.22. The average molecular weight is 329 g/mol. The van der Waals surface area contributed by atoms with Gasteiger partial charge in [-0.1, -0.05) is 91.0 Å². The second kappa shape index (κ2) is 7.64. The molecule has 0 amide bonds. The number of hydrogen-bond acceptors (Lipinski definition) is 2. The molecule has 2 unspecified atom stereocenters. The summed E-state index contributed by atoms with van der Waals surface area (Å²) in [7, 11) is 0. The number of rotatable bonds is 5. The molecule has 126 valence electrons. The van der Waals surface area contributed by atoms with Gasteiger partial charge in [-0.25, -0.2) is 0 Å². The fourth-order valence-electron chi connectivity index (χ4n) is 3.56. The molecule has 1 fully saturated rings. The van der Waals surface area contributed by atoms with Crippen molar-refractivity contribution >= 4 is 0 Å². The molecule has 0 N–H and O–H groups in total. The van der Waals surface area contributed by atoms with Gasteiger partial charge in [0.15, 0.2) is 0 Å². The third-order valence-electron chi connectivity index (χ3n) is 4.79. The maximum Gasteiger partial charge on any atom is 0.0853 e. The number of nitrogens with zero attached hydrogens (tertiary/aromatic N) is 1. The summed E-state index contributed by atoms with van der Waals surface area (Å²) in [5.41, 5.74) is 3.94. The van der Waals surface area contributed by atoms with Crippen LogP contribution in [-0.2, 0) is 17.8 Å². The van der Waals surface area contributed by atoms with Gasteiger partial charge in [-0.3, -0.25) is 4.84 Å². The Balaban J connectivity index is 1.53. The van der Waals surface area contributed by atoms with Gasteiger partial charge < -0.3 is 0 Å². The topological polar surface area (TPSA) is 12.5 Å². The van der Waals surface area contributed by atoms with Crippen molar-refractivity contribution in [2.24, 2.45) is 0 Å². The predicted molar refractivity (Wildman–Crippen MR) is 101 cm³/mol. The Bertz CT molecular complexity index is 773. The summed E-state index contributed by atoms with van der Waals surface area (Å²) in [6.45, 7) is 0.811. The second-order valence-corrected chi connectivity index (χ2v) is 6.64. The van der Waals surface area contributed by atoms with Crippen LogP contribution in [0.15, 0.2) is 91.0 Å². The molecule has 2 nitrogen and oxygen atoms in total. The lowest BCUT2D eigenvalue weighted by molar-refractivity contribution is -0.170. The molecule has 0 bridgehead atoms. The van der Waals surface area contributed by atoms with Crippen LogP contribution in [0.3, 0.4) is 0 Å². The molecule has 1 heterocycles. The van der Waals surface area contributed by atoms with Crippen molar-refractivity contribution in [3.8, 4) is 0 Å². The van der Waals surface area contributed by atoms with Crippen molar-refractivity contribution in [2.45, 2.75) is 31.5 Å². The van der Waals surface area contributed by atoms with Crippen LogP contribution < -0.4 is 0 Å². The molecule has 1 aliphatic rings. The second-order valence-electron chi connectivity index (χ2n) is 6.64. The highest BCUT2D eigenvalue weighted by Gasteiger charge is 2.34. The Labute approximate surface area is 149 Å². The van der Waals surface area contributed by atoms with Gasteiger partial charge in [0.2, 0.25) is 0 Å². The summed E-state index contributed by atoms with van der Waals surface area (Å²) in [6, 6.07) is 32.2. The van der Waals surface area contributed by atoms with E-state index in [1.807, 2.05) is 0 Å². The van der Waals surface area contributed by atoms with Crippen LogP contribution >= 0.6 is 0 Å². The standard InChI is InChI=1S/C23H23NO/c1-4-10-19(11-5-1)16-22-17-23(21-14-8-3-9-15-21)24(25-22)18-20-12-6-2-7-13-20/h1-15,22-23H,16-18H2. The van der Waals surface area contributed by atoms with E-state index in [-0.39, 0.29) is 6.10 Å². The van der Waals surface area contributed by atoms with E-state index in [1.54, 1.807) is 0 Å². The van der Waals surface area contributed by atoms with Crippen LogP contribution in [0.25, 0.3) is 0 Å². The first-order valence-electron chi connectivity index (χ1n) is 8.95. The van der Waals surface area contributed by atoms with E-state index in [4.69, 9.17) is 4.84 Å². The Morgan fingerprint density at radius 2 is 1.28 bits per heavy atom. The molecule has 4 rings (SSSR count). The van der Waals surface area contributed by atoms with Crippen molar-refractivity contribution < 1.29 is 4.84 Å². The van der Waals surface area contributed by atoms with E-state index in [9.17, 15) is 0 Å². The van der Waals surface area contributed by atoms with Gasteiger partial charge in [0.25, 0.3) is 0 Å². The third-order valence-corrected chi connectivity index (χ3v) is 4.79. The predicted octanol–water partition coefficient (Wildman–Crippen LogP) is 5.18. The van der Waals surface area contributed by atoms with Crippen molar-refractivity contribution in [1.29, 1.82) is 0 Å². The minimum atomic E-state index is 0.219. The molecule has 1 aliphatic heterocycles. The first-order chi connectivity index (χ1) is 12.4. The van der Waals surface area contributed by atoms with Gasteiger partial charge >= 0.3 is 0 Å². The van der Waals surface area contributed by atoms with Crippen LogP contribution in [0.4, 0.5) is 0 Å². The smallest absolute Gasteiger partial charge is 0.0853 e. The average Bonchev–Trinajstić information content (AvgIpc) is 3.06. The summed E-state index contributed by atoms with van der Waals surface area (Å²) >= 11 is 0. The summed E-state index contributed by atoms with van der Waals surface area (Å²) in [4.78, 5) is 6.37. The SMILES string of the molecule is c1ccc(CC2CC(c3ccccc3)N(Cc3ccccc3)O2)cc1. The van der Waals surface area contributed by atoms with Crippen LogP contribution in [0.1, 0.15) is 29.2 Å². The first kappa shape index (κ1) is 16.1. The molecule has 2 atom stereocenters. The monoisotopic (exact) mass is 329 g/mol. The van der Waals surface area contributed by atoms with Crippen molar-refractivity contribution in [2.75, 3.05) is 0 Å². The van der Waals surface area contributed by atoms with Gasteiger partial charge in [-0.15, -0.1) is 0 Å². The molecule has 0 saturated carbocycles. The normalized spacial score (nSPS) is 20.6. The highest BCUT2D eigenvalue weighted by Crippen LogP contribution is 2.36. The molecule has 25 heavy (non-hydrogen) atoms. The van der Waals surface area contributed by atoms with E-state index in [0.717, 1.165) is 19.4 Å². The third kappa shape index (κ3) is 3.98. The quantitative estimate of drug-likeness (QED) is 0.640. The number of benzene rings is 3. The summed E-state index contributed by atoms with van der Waals surface area (Å²) in [5, 5.41) is 2.16. The van der Waals surface area contributed by atoms with Crippen molar-refractivity contribution in [3.63, 3.8) is 0 Å². The zero-order valence-electron chi connectivity index (χ0n) is 14.3. The minimum Gasteiger partial charge on any atom is -0.294 e. The zero-order chi connectivity index (χ0) is 16.9. The lowest BCUT2D eigenvalue weighted by Gasteiger charge is -2.23. The Kier molecular flexibility index (Phi) is 4.91. The van der Waals surface area contributed by atoms with Crippen LogP contribution in [-0.4, -0.2) is 11.2 Å². The van der Waals surface area contributed by atoms with Gasteiger partial charge in [0, 0.05) is 13.0 Å². The molecule has 2 heteroatoms. The molecule has 0 spiro atoms. The Morgan fingerprint density at radius 1 is 0.720 bits per heavy atom. The number of hydroxylamine groups is 2. The molecular weight excluding hydrogens is 306 g/mol. The molecule has 0 aromatic heterocycles. The summed E-state index contributed by atoms with van der Waals surface area (Å²) in [5.74, 6) is 0. The Hall–Kier alpha value is -2.42. The largest absolute Gasteiger partial charge is 0.294 e. The Morgan fingerprint density at radius 3 is 1.92 bits per heavy atom. The minimum absolute atomic E-state index is 0.219. The highest BCUT2D eigenvalue weighted by molar-refractivity contribution is 5.22. The van der Waals surface area contributed by atoms with Gasteiger partial charge in [0.1, 0.15) is 0 Å².